The third kappa shape index (κ3) is 4.43. The van der Waals surface area contributed by atoms with Crippen LogP contribution in [-0.4, -0.2) is 47.8 Å². The molecule has 1 unspecified atom stereocenters. The number of nitrogens with one attached hydrogen (secondary N) is 3. The van der Waals surface area contributed by atoms with Crippen LogP contribution in [0.5, 0.6) is 0 Å². The lowest BCUT2D eigenvalue weighted by molar-refractivity contribution is -0.122. The molecule has 2 aromatic heterocycles. The second kappa shape index (κ2) is 8.28. The van der Waals surface area contributed by atoms with Crippen LogP contribution in [0.4, 0.5) is 0 Å². The Hall–Kier alpha value is -1.64. The molecular weight excluding hydrogens is 338 g/mol. The fourth-order valence-corrected chi connectivity index (χ4v) is 3.14. The molecule has 128 valence electrons. The molecule has 7 nitrogen and oxygen atoms in total. The summed E-state index contributed by atoms with van der Waals surface area (Å²) in [5, 5.41) is 13.7. The third-order valence-corrected chi connectivity index (χ3v) is 4.54. The number of rotatable bonds is 6. The summed E-state index contributed by atoms with van der Waals surface area (Å²) in [7, 11) is 3.67. The van der Waals surface area contributed by atoms with Gasteiger partial charge in [-0.3, -0.25) is 14.3 Å². The molecule has 23 heavy (non-hydrogen) atoms. The van der Waals surface area contributed by atoms with Gasteiger partial charge in [-0.05, 0) is 27.0 Å². The Morgan fingerprint density at radius 2 is 2.09 bits per heavy atom. The minimum absolute atomic E-state index is 0. The van der Waals surface area contributed by atoms with Gasteiger partial charge in [0, 0.05) is 25.5 Å². The lowest BCUT2D eigenvalue weighted by Gasteiger charge is -2.13. The summed E-state index contributed by atoms with van der Waals surface area (Å²) < 4.78 is 1.76. The highest BCUT2D eigenvalue weighted by molar-refractivity contribution is 7.20. The maximum Gasteiger partial charge on any atom is 0.262 e. The van der Waals surface area contributed by atoms with Crippen molar-refractivity contribution in [3.63, 3.8) is 0 Å². The van der Waals surface area contributed by atoms with Crippen LogP contribution in [-0.2, 0) is 11.8 Å². The van der Waals surface area contributed by atoms with Gasteiger partial charge in [-0.1, -0.05) is 0 Å². The molecule has 2 heterocycles. The average Bonchev–Trinajstić information content (AvgIpc) is 3.01. The summed E-state index contributed by atoms with van der Waals surface area (Å²) in [6.45, 7) is 4.81. The third-order valence-electron chi connectivity index (χ3n) is 3.34. The molecule has 0 aliphatic rings. The highest BCUT2D eigenvalue weighted by Gasteiger charge is 2.19. The van der Waals surface area contributed by atoms with Crippen LogP contribution in [0.3, 0.4) is 0 Å². The Morgan fingerprint density at radius 3 is 2.70 bits per heavy atom. The zero-order valence-corrected chi connectivity index (χ0v) is 15.2. The van der Waals surface area contributed by atoms with E-state index in [9.17, 15) is 9.59 Å². The fraction of sp³-hybridized carbons (Fsp3) is 0.500. The molecule has 0 saturated carbocycles. The number of hydrogen-bond acceptors (Lipinski definition) is 5. The lowest BCUT2D eigenvalue weighted by Crippen LogP contribution is -2.45. The van der Waals surface area contributed by atoms with Crippen molar-refractivity contribution in [1.82, 2.24) is 25.7 Å². The van der Waals surface area contributed by atoms with Gasteiger partial charge in [0.25, 0.3) is 5.91 Å². The zero-order valence-electron chi connectivity index (χ0n) is 13.6. The van der Waals surface area contributed by atoms with Crippen molar-refractivity contribution in [2.45, 2.75) is 19.9 Å². The number of amides is 2. The Kier molecular flexibility index (Phi) is 6.99. The minimum Gasteiger partial charge on any atom is -0.353 e. The van der Waals surface area contributed by atoms with Crippen molar-refractivity contribution in [3.8, 4) is 0 Å². The molecule has 2 aromatic rings. The molecule has 0 fully saturated rings. The molecule has 0 aliphatic carbocycles. The van der Waals surface area contributed by atoms with Crippen LogP contribution < -0.4 is 16.0 Å². The highest BCUT2D eigenvalue weighted by Crippen LogP contribution is 2.27. The molecule has 3 N–H and O–H groups in total. The van der Waals surface area contributed by atoms with Crippen molar-refractivity contribution in [1.29, 1.82) is 0 Å². The molecule has 9 heteroatoms. The first kappa shape index (κ1) is 19.4. The number of likely N-dealkylation sites (N-methyl/N-ethyl adjacent to an activating group) is 1. The van der Waals surface area contributed by atoms with Crippen LogP contribution in [0.25, 0.3) is 10.2 Å². The molecule has 1 atom stereocenters. The number of halogens is 1. The van der Waals surface area contributed by atoms with Crippen molar-refractivity contribution >= 4 is 45.8 Å². The van der Waals surface area contributed by atoms with E-state index in [1.165, 1.54) is 11.3 Å². The first-order valence-electron chi connectivity index (χ1n) is 7.10. The summed E-state index contributed by atoms with van der Waals surface area (Å²) in [4.78, 5) is 25.6. The Labute approximate surface area is 145 Å². The topological polar surface area (TPSA) is 88.0 Å². The molecule has 0 radical (unpaired) electrons. The number of thiophene rings is 1. The zero-order chi connectivity index (χ0) is 16.3. The largest absolute Gasteiger partial charge is 0.353 e. The maximum absolute atomic E-state index is 12.3. The van der Waals surface area contributed by atoms with Gasteiger partial charge in [0.15, 0.2) is 0 Å². The van der Waals surface area contributed by atoms with E-state index < -0.39 is 6.04 Å². The Balaban J connectivity index is 0.00000264. The Morgan fingerprint density at radius 1 is 1.39 bits per heavy atom. The van der Waals surface area contributed by atoms with Gasteiger partial charge in [0.05, 0.1) is 10.6 Å². The lowest BCUT2D eigenvalue weighted by atomic mass is 10.2. The van der Waals surface area contributed by atoms with Crippen molar-refractivity contribution in [2.75, 3.05) is 20.1 Å². The van der Waals surface area contributed by atoms with Crippen LogP contribution >= 0.6 is 23.7 Å². The summed E-state index contributed by atoms with van der Waals surface area (Å²) in [5.41, 5.74) is 0.894. The number of carbonyl (C=O) groups is 2. The molecule has 0 aliphatic heterocycles. The van der Waals surface area contributed by atoms with Crippen molar-refractivity contribution in [3.05, 3.63) is 16.6 Å². The normalized spacial score (nSPS) is 11.8. The molecular formula is C14H22ClN5O2S. The van der Waals surface area contributed by atoms with Crippen LogP contribution in [0.1, 0.15) is 22.3 Å². The molecule has 0 bridgehead atoms. The van der Waals surface area contributed by atoms with E-state index >= 15 is 0 Å². The summed E-state index contributed by atoms with van der Waals surface area (Å²) in [5.74, 6) is -0.431. The molecule has 2 rings (SSSR count). The van der Waals surface area contributed by atoms with Crippen LogP contribution in [0.15, 0.2) is 6.07 Å². The van der Waals surface area contributed by atoms with Gasteiger partial charge in [-0.2, -0.15) is 5.10 Å². The number of aryl methyl sites for hydroxylation is 2. The standard InChI is InChI=1S/C14H21N5O2S.ClH/c1-8-10-7-11(22-14(10)19(4)18-8)13(21)17-9(2)12(20)16-6-5-15-3;/h7,9,15H,5-6H2,1-4H3,(H,16,20)(H,17,21);1H. The molecule has 0 spiro atoms. The van der Waals surface area contributed by atoms with Gasteiger partial charge < -0.3 is 16.0 Å². The fourth-order valence-electron chi connectivity index (χ4n) is 2.11. The number of hydrogen-bond donors (Lipinski definition) is 3. The SMILES string of the molecule is CNCCNC(=O)C(C)NC(=O)c1cc2c(C)nn(C)c2s1.Cl. The van der Waals surface area contributed by atoms with E-state index in [0.29, 0.717) is 18.0 Å². The van der Waals surface area contributed by atoms with E-state index in [-0.39, 0.29) is 24.2 Å². The van der Waals surface area contributed by atoms with Crippen LogP contribution in [0, 0.1) is 6.92 Å². The number of fused-ring (bicyclic) bond motifs is 1. The van der Waals surface area contributed by atoms with Crippen LogP contribution in [0.2, 0.25) is 0 Å². The maximum atomic E-state index is 12.3. The summed E-state index contributed by atoms with van der Waals surface area (Å²) in [6, 6.07) is 1.25. The number of nitrogens with zero attached hydrogens (tertiary/aromatic N) is 2. The first-order valence-corrected chi connectivity index (χ1v) is 7.92. The van der Waals surface area contributed by atoms with Gasteiger partial charge in [-0.25, -0.2) is 0 Å². The van der Waals surface area contributed by atoms with Crippen molar-refractivity contribution in [2.24, 2.45) is 7.05 Å². The van der Waals surface area contributed by atoms with Crippen molar-refractivity contribution < 1.29 is 9.59 Å². The average molecular weight is 360 g/mol. The highest BCUT2D eigenvalue weighted by atomic mass is 35.5. The molecule has 2 amide bonds. The predicted octanol–water partition coefficient (Wildman–Crippen LogP) is 0.819. The second-order valence-electron chi connectivity index (χ2n) is 5.13. The van der Waals surface area contributed by atoms with Gasteiger partial charge in [0.1, 0.15) is 10.9 Å². The minimum atomic E-state index is -0.575. The van der Waals surface area contributed by atoms with Gasteiger partial charge in [0.2, 0.25) is 5.91 Å². The molecule has 0 aromatic carbocycles. The quantitative estimate of drug-likeness (QED) is 0.666. The van der Waals surface area contributed by atoms with Gasteiger partial charge >= 0.3 is 0 Å². The number of aromatic nitrogens is 2. The van der Waals surface area contributed by atoms with E-state index in [2.05, 4.69) is 21.0 Å². The first-order chi connectivity index (χ1) is 10.4. The van der Waals surface area contributed by atoms with E-state index in [0.717, 1.165) is 15.9 Å². The summed E-state index contributed by atoms with van der Waals surface area (Å²) >= 11 is 1.37. The smallest absolute Gasteiger partial charge is 0.262 e. The number of carbonyl (C=O) groups excluding carboxylic acids is 2. The van der Waals surface area contributed by atoms with E-state index in [4.69, 9.17) is 0 Å². The predicted molar refractivity (Wildman–Crippen MR) is 94.4 cm³/mol. The van der Waals surface area contributed by atoms with E-state index in [1.807, 2.05) is 27.1 Å². The van der Waals surface area contributed by atoms with E-state index in [1.54, 1.807) is 11.6 Å². The monoisotopic (exact) mass is 359 g/mol. The molecule has 0 saturated heterocycles. The summed E-state index contributed by atoms with van der Waals surface area (Å²) in [6.07, 6.45) is 0. The second-order valence-corrected chi connectivity index (χ2v) is 6.16. The Bertz CT molecular complexity index is 662. The van der Waals surface area contributed by atoms with Gasteiger partial charge in [-0.15, -0.1) is 23.7 Å².